The molecule has 0 radical (unpaired) electrons. The van der Waals surface area contributed by atoms with Crippen LogP contribution in [0.4, 0.5) is 11.4 Å². The zero-order valence-electron chi connectivity index (χ0n) is 15.3. The SMILES string of the molecule is COc1ccccc1NC(=O)c1cc(NCc2ccc3c(c2)OCO3)ccn1. The van der Waals surface area contributed by atoms with Gasteiger partial charge in [-0.15, -0.1) is 0 Å². The third-order valence-corrected chi connectivity index (χ3v) is 4.28. The minimum Gasteiger partial charge on any atom is -0.495 e. The molecular weight excluding hydrogens is 358 g/mol. The summed E-state index contributed by atoms with van der Waals surface area (Å²) in [6.07, 6.45) is 1.60. The van der Waals surface area contributed by atoms with Crippen LogP contribution in [0.1, 0.15) is 16.1 Å². The zero-order chi connectivity index (χ0) is 19.3. The molecule has 0 bridgehead atoms. The molecule has 2 aromatic carbocycles. The second-order valence-electron chi connectivity index (χ2n) is 6.13. The smallest absolute Gasteiger partial charge is 0.274 e. The molecule has 0 fully saturated rings. The highest BCUT2D eigenvalue weighted by molar-refractivity contribution is 6.04. The van der Waals surface area contributed by atoms with Gasteiger partial charge in [0.1, 0.15) is 11.4 Å². The maximum absolute atomic E-state index is 12.5. The number of hydrogen-bond acceptors (Lipinski definition) is 6. The first kappa shape index (κ1) is 17.7. The first-order valence-corrected chi connectivity index (χ1v) is 8.76. The Balaban J connectivity index is 1.43. The number of carbonyl (C=O) groups is 1. The van der Waals surface area contributed by atoms with Gasteiger partial charge in [0.05, 0.1) is 12.8 Å². The van der Waals surface area contributed by atoms with Crippen LogP contribution in [0.25, 0.3) is 0 Å². The molecule has 7 nitrogen and oxygen atoms in total. The van der Waals surface area contributed by atoms with Gasteiger partial charge in [-0.1, -0.05) is 18.2 Å². The number of hydrogen-bond donors (Lipinski definition) is 2. The highest BCUT2D eigenvalue weighted by atomic mass is 16.7. The lowest BCUT2D eigenvalue weighted by atomic mass is 10.2. The van der Waals surface area contributed by atoms with E-state index < -0.39 is 0 Å². The summed E-state index contributed by atoms with van der Waals surface area (Å²) in [6.45, 7) is 0.829. The summed E-state index contributed by atoms with van der Waals surface area (Å²) in [4.78, 5) is 16.7. The summed E-state index contributed by atoms with van der Waals surface area (Å²) in [5.74, 6) is 1.78. The van der Waals surface area contributed by atoms with E-state index in [1.165, 1.54) is 0 Å². The van der Waals surface area contributed by atoms with Crippen LogP contribution in [0, 0.1) is 0 Å². The van der Waals surface area contributed by atoms with Gasteiger partial charge in [-0.2, -0.15) is 0 Å². The minimum atomic E-state index is -0.309. The largest absolute Gasteiger partial charge is 0.495 e. The second kappa shape index (κ2) is 7.87. The van der Waals surface area contributed by atoms with E-state index in [0.29, 0.717) is 23.7 Å². The Morgan fingerprint density at radius 3 is 2.86 bits per heavy atom. The fourth-order valence-electron chi connectivity index (χ4n) is 2.85. The Morgan fingerprint density at radius 1 is 1.11 bits per heavy atom. The fraction of sp³-hybridized carbons (Fsp3) is 0.143. The standard InChI is InChI=1S/C21H19N3O4/c1-26-18-5-3-2-4-16(18)24-21(25)17-11-15(8-9-22-17)23-12-14-6-7-19-20(10-14)28-13-27-19/h2-11H,12-13H2,1H3,(H,22,23)(H,24,25). The summed E-state index contributed by atoms with van der Waals surface area (Å²) >= 11 is 0. The third kappa shape index (κ3) is 3.83. The van der Waals surface area contributed by atoms with Crippen LogP contribution in [0.15, 0.2) is 60.8 Å². The van der Waals surface area contributed by atoms with Crippen LogP contribution >= 0.6 is 0 Å². The van der Waals surface area contributed by atoms with Gasteiger partial charge in [0.2, 0.25) is 6.79 Å². The molecule has 7 heteroatoms. The Labute approximate surface area is 162 Å². The van der Waals surface area contributed by atoms with Gasteiger partial charge in [0, 0.05) is 18.4 Å². The number of carbonyl (C=O) groups excluding carboxylic acids is 1. The Kier molecular flexibility index (Phi) is 4.97. The van der Waals surface area contributed by atoms with Crippen molar-refractivity contribution in [3.8, 4) is 17.2 Å². The molecule has 0 atom stereocenters. The van der Waals surface area contributed by atoms with E-state index in [1.807, 2.05) is 36.4 Å². The third-order valence-electron chi connectivity index (χ3n) is 4.28. The van der Waals surface area contributed by atoms with Crippen LogP contribution in [-0.4, -0.2) is 24.8 Å². The number of fused-ring (bicyclic) bond motifs is 1. The lowest BCUT2D eigenvalue weighted by Gasteiger charge is -2.11. The number of ether oxygens (including phenoxy) is 3. The predicted molar refractivity (Wildman–Crippen MR) is 105 cm³/mol. The molecule has 1 aromatic heterocycles. The molecular formula is C21H19N3O4. The van der Waals surface area contributed by atoms with Crippen molar-refractivity contribution in [2.75, 3.05) is 24.5 Å². The number of nitrogens with one attached hydrogen (secondary N) is 2. The topological polar surface area (TPSA) is 81.7 Å². The maximum Gasteiger partial charge on any atom is 0.274 e. The molecule has 1 amide bonds. The van der Waals surface area contributed by atoms with E-state index in [1.54, 1.807) is 31.5 Å². The molecule has 1 aliphatic heterocycles. The van der Waals surface area contributed by atoms with E-state index >= 15 is 0 Å². The molecule has 2 N–H and O–H groups in total. The molecule has 3 aromatic rings. The number of nitrogens with zero attached hydrogens (tertiary/aromatic N) is 1. The Bertz CT molecular complexity index is 1010. The van der Waals surface area contributed by atoms with E-state index in [0.717, 1.165) is 22.7 Å². The van der Waals surface area contributed by atoms with Crippen LogP contribution < -0.4 is 24.8 Å². The van der Waals surface area contributed by atoms with Gasteiger partial charge in [0.25, 0.3) is 5.91 Å². The Morgan fingerprint density at radius 2 is 1.96 bits per heavy atom. The highest BCUT2D eigenvalue weighted by Crippen LogP contribution is 2.32. The molecule has 0 spiro atoms. The van der Waals surface area contributed by atoms with Crippen LogP contribution in [0.3, 0.4) is 0 Å². The first-order valence-electron chi connectivity index (χ1n) is 8.76. The molecule has 2 heterocycles. The fourth-order valence-corrected chi connectivity index (χ4v) is 2.85. The van der Waals surface area contributed by atoms with Gasteiger partial charge >= 0.3 is 0 Å². The van der Waals surface area contributed by atoms with Crippen molar-refractivity contribution < 1.29 is 19.0 Å². The van der Waals surface area contributed by atoms with Crippen LogP contribution in [0.2, 0.25) is 0 Å². The molecule has 1 aliphatic rings. The van der Waals surface area contributed by atoms with Gasteiger partial charge in [-0.05, 0) is 42.0 Å². The summed E-state index contributed by atoms with van der Waals surface area (Å²) in [5, 5.41) is 6.12. The molecule has 28 heavy (non-hydrogen) atoms. The zero-order valence-corrected chi connectivity index (χ0v) is 15.3. The molecule has 0 saturated carbocycles. The summed E-state index contributed by atoms with van der Waals surface area (Å²) < 4.78 is 16.0. The molecule has 0 aliphatic carbocycles. The van der Waals surface area contributed by atoms with Gasteiger partial charge < -0.3 is 24.8 Å². The lowest BCUT2D eigenvalue weighted by molar-refractivity contribution is 0.102. The van der Waals surface area contributed by atoms with E-state index in [4.69, 9.17) is 14.2 Å². The molecule has 0 unspecified atom stereocenters. The van der Waals surface area contributed by atoms with Gasteiger partial charge in [0.15, 0.2) is 11.5 Å². The van der Waals surface area contributed by atoms with Crippen molar-refractivity contribution in [1.82, 2.24) is 4.98 Å². The number of amides is 1. The molecule has 4 rings (SSSR count). The van der Waals surface area contributed by atoms with Crippen LogP contribution in [0.5, 0.6) is 17.2 Å². The van der Waals surface area contributed by atoms with Crippen molar-refractivity contribution in [2.45, 2.75) is 6.54 Å². The average molecular weight is 377 g/mol. The minimum absolute atomic E-state index is 0.251. The van der Waals surface area contributed by atoms with E-state index in [2.05, 4.69) is 15.6 Å². The van der Waals surface area contributed by atoms with Crippen molar-refractivity contribution in [3.05, 3.63) is 72.1 Å². The van der Waals surface area contributed by atoms with Crippen molar-refractivity contribution in [1.29, 1.82) is 0 Å². The van der Waals surface area contributed by atoms with Gasteiger partial charge in [-0.25, -0.2) is 0 Å². The first-order chi connectivity index (χ1) is 13.7. The predicted octanol–water partition coefficient (Wildman–Crippen LogP) is 3.68. The summed E-state index contributed by atoms with van der Waals surface area (Å²) in [6, 6.07) is 16.5. The number of anilines is 2. The van der Waals surface area contributed by atoms with Crippen LogP contribution in [-0.2, 0) is 6.54 Å². The number of para-hydroxylation sites is 2. The monoisotopic (exact) mass is 377 g/mol. The molecule has 142 valence electrons. The van der Waals surface area contributed by atoms with E-state index in [9.17, 15) is 4.79 Å². The normalized spacial score (nSPS) is 11.8. The van der Waals surface area contributed by atoms with Gasteiger partial charge in [-0.3, -0.25) is 9.78 Å². The average Bonchev–Trinajstić information content (AvgIpc) is 3.21. The van der Waals surface area contributed by atoms with Crippen molar-refractivity contribution >= 4 is 17.3 Å². The Hall–Kier alpha value is -3.74. The second-order valence-corrected chi connectivity index (χ2v) is 6.13. The summed E-state index contributed by atoms with van der Waals surface area (Å²) in [5.41, 5.74) is 2.73. The van der Waals surface area contributed by atoms with Crippen molar-refractivity contribution in [2.24, 2.45) is 0 Å². The van der Waals surface area contributed by atoms with Crippen molar-refractivity contribution in [3.63, 3.8) is 0 Å². The number of methoxy groups -OCH3 is 1. The lowest BCUT2D eigenvalue weighted by Crippen LogP contribution is -2.14. The maximum atomic E-state index is 12.5. The number of benzene rings is 2. The highest BCUT2D eigenvalue weighted by Gasteiger charge is 2.14. The van der Waals surface area contributed by atoms with E-state index in [-0.39, 0.29) is 12.7 Å². The molecule has 0 saturated heterocycles. The number of pyridine rings is 1. The number of aromatic nitrogens is 1. The number of rotatable bonds is 6. The quantitative estimate of drug-likeness (QED) is 0.682. The summed E-state index contributed by atoms with van der Waals surface area (Å²) in [7, 11) is 1.56.